The number of nitrogens with two attached hydrogens (primary N) is 1. The Morgan fingerprint density at radius 2 is 1.75 bits per heavy atom. The monoisotopic (exact) mass is 260 g/mol. The molecular weight excluding hydrogens is 256 g/mol. The largest absolute Gasteiger partial charge is 0.269 e. The molecule has 0 radical (unpaired) electrons. The van der Waals surface area contributed by atoms with E-state index in [-0.39, 0.29) is 5.13 Å². The molecular formula is C6H4N4O4S2. The van der Waals surface area contributed by atoms with Gasteiger partial charge in [-0.25, -0.2) is 18.5 Å². The molecule has 0 saturated heterocycles. The van der Waals surface area contributed by atoms with Crippen LogP contribution in [0.4, 0.5) is 5.13 Å². The molecule has 0 saturated carbocycles. The second-order valence-corrected chi connectivity index (χ2v) is 5.43. The van der Waals surface area contributed by atoms with Crippen LogP contribution in [-0.2, 0) is 19.6 Å². The van der Waals surface area contributed by atoms with E-state index in [1.165, 1.54) is 0 Å². The maximum Gasteiger partial charge on any atom is 0.267 e. The second kappa shape index (κ2) is 3.43. The lowest BCUT2D eigenvalue weighted by Crippen LogP contribution is -2.29. The van der Waals surface area contributed by atoms with Crippen LogP contribution < -0.4 is 10.0 Å². The first-order valence-electron chi connectivity index (χ1n) is 3.82. The first-order valence-corrected chi connectivity index (χ1v) is 6.18. The normalized spacial score (nSPS) is 16.2. The molecule has 0 fully saturated rings. The maximum absolute atomic E-state index is 11.2. The first kappa shape index (κ1) is 10.9. The summed E-state index contributed by atoms with van der Waals surface area (Å²) in [6.07, 6.45) is 2.11. The Bertz CT molecular complexity index is 584. The third kappa shape index (κ3) is 1.73. The molecule has 0 aromatic carbocycles. The van der Waals surface area contributed by atoms with Gasteiger partial charge in [-0.3, -0.25) is 9.59 Å². The maximum atomic E-state index is 11.2. The molecule has 1 aromatic rings. The number of hydrogen-bond acceptors (Lipinski definition) is 7. The lowest BCUT2D eigenvalue weighted by molar-refractivity contribution is -0.119. The number of carbonyl (C=O) groups excluding carboxylic acids is 2. The van der Waals surface area contributed by atoms with Gasteiger partial charge in [0, 0.05) is 12.2 Å². The van der Waals surface area contributed by atoms with E-state index in [4.69, 9.17) is 5.14 Å². The molecule has 0 aliphatic carbocycles. The second-order valence-electron chi connectivity index (χ2n) is 2.74. The van der Waals surface area contributed by atoms with E-state index in [1.54, 1.807) is 0 Å². The van der Waals surface area contributed by atoms with E-state index >= 15 is 0 Å². The van der Waals surface area contributed by atoms with Gasteiger partial charge < -0.3 is 0 Å². The molecule has 1 aliphatic rings. The van der Waals surface area contributed by atoms with Crippen molar-refractivity contribution in [1.29, 1.82) is 0 Å². The third-order valence-corrected chi connectivity index (χ3v) is 3.86. The van der Waals surface area contributed by atoms with E-state index in [0.717, 1.165) is 12.2 Å². The topological polar surface area (TPSA) is 123 Å². The van der Waals surface area contributed by atoms with Crippen LogP contribution in [0.15, 0.2) is 16.5 Å². The Balaban J connectivity index is 2.41. The number of imide groups is 1. The Hall–Kier alpha value is -1.65. The molecule has 2 heterocycles. The van der Waals surface area contributed by atoms with Crippen LogP contribution in [-0.4, -0.2) is 30.4 Å². The van der Waals surface area contributed by atoms with Gasteiger partial charge in [-0.2, -0.15) is 0 Å². The van der Waals surface area contributed by atoms with Crippen molar-refractivity contribution in [3.05, 3.63) is 12.2 Å². The minimum absolute atomic E-state index is 0.121. The third-order valence-electron chi connectivity index (χ3n) is 1.64. The lowest BCUT2D eigenvalue weighted by Gasteiger charge is -2.06. The molecule has 2 amide bonds. The number of carbonyl (C=O) groups is 2. The summed E-state index contributed by atoms with van der Waals surface area (Å²) in [7, 11) is -3.97. The highest BCUT2D eigenvalue weighted by atomic mass is 32.2. The number of primary sulfonamides is 1. The quantitative estimate of drug-likeness (QED) is 0.516. The molecule has 10 heteroatoms. The van der Waals surface area contributed by atoms with Gasteiger partial charge in [0.05, 0.1) is 0 Å². The Morgan fingerprint density at radius 1 is 1.19 bits per heavy atom. The number of amides is 2. The van der Waals surface area contributed by atoms with Crippen molar-refractivity contribution in [1.82, 2.24) is 10.2 Å². The zero-order valence-corrected chi connectivity index (χ0v) is 9.16. The minimum Gasteiger partial charge on any atom is -0.269 e. The Kier molecular flexibility index (Phi) is 2.33. The molecule has 0 bridgehead atoms. The van der Waals surface area contributed by atoms with Crippen molar-refractivity contribution >= 4 is 38.3 Å². The highest BCUT2D eigenvalue weighted by Gasteiger charge is 2.29. The number of aromatic nitrogens is 2. The summed E-state index contributed by atoms with van der Waals surface area (Å²) in [6.45, 7) is 0. The summed E-state index contributed by atoms with van der Waals surface area (Å²) < 4.78 is 21.4. The Labute approximate surface area is 93.4 Å². The summed E-state index contributed by atoms with van der Waals surface area (Å²) in [6, 6.07) is 0. The standard InChI is InChI=1S/C6H4N4O4S2/c7-16(13,14)6-9-8-5(15-6)10-3(11)1-2-4(10)12/h1-2H,(H2,7,13,14). The van der Waals surface area contributed by atoms with Crippen LogP contribution in [0.3, 0.4) is 0 Å². The van der Waals surface area contributed by atoms with Crippen molar-refractivity contribution in [2.75, 3.05) is 4.90 Å². The number of nitrogens with zero attached hydrogens (tertiary/aromatic N) is 3. The van der Waals surface area contributed by atoms with E-state index in [2.05, 4.69) is 10.2 Å². The van der Waals surface area contributed by atoms with Crippen molar-refractivity contribution in [3.8, 4) is 0 Å². The van der Waals surface area contributed by atoms with Crippen molar-refractivity contribution in [2.24, 2.45) is 5.14 Å². The molecule has 1 aliphatic heterocycles. The molecule has 16 heavy (non-hydrogen) atoms. The summed E-state index contributed by atoms with van der Waals surface area (Å²) in [4.78, 5) is 23.2. The van der Waals surface area contributed by atoms with Gasteiger partial charge in [0.25, 0.3) is 21.8 Å². The molecule has 0 atom stereocenters. The highest BCUT2D eigenvalue weighted by Crippen LogP contribution is 2.25. The van der Waals surface area contributed by atoms with Crippen molar-refractivity contribution in [3.63, 3.8) is 0 Å². The van der Waals surface area contributed by atoms with E-state index < -0.39 is 26.2 Å². The van der Waals surface area contributed by atoms with Gasteiger partial charge in [-0.1, -0.05) is 11.3 Å². The molecule has 1 aromatic heterocycles. The van der Waals surface area contributed by atoms with Crippen LogP contribution >= 0.6 is 11.3 Å². The number of rotatable bonds is 2. The van der Waals surface area contributed by atoms with Gasteiger partial charge in [-0.15, -0.1) is 10.2 Å². The predicted octanol–water partition coefficient (Wildman–Crippen LogP) is -1.39. The average Bonchev–Trinajstić information content (AvgIpc) is 2.72. The van der Waals surface area contributed by atoms with Crippen molar-refractivity contribution < 1.29 is 18.0 Å². The van der Waals surface area contributed by atoms with Crippen LogP contribution in [0.25, 0.3) is 0 Å². The zero-order chi connectivity index (χ0) is 11.9. The minimum atomic E-state index is -3.97. The summed E-state index contributed by atoms with van der Waals surface area (Å²) in [5.74, 6) is -1.19. The zero-order valence-electron chi connectivity index (χ0n) is 7.52. The van der Waals surface area contributed by atoms with Gasteiger partial charge in [-0.05, 0) is 0 Å². The first-order chi connectivity index (χ1) is 7.39. The molecule has 0 unspecified atom stereocenters. The van der Waals surface area contributed by atoms with Gasteiger partial charge in [0.2, 0.25) is 9.47 Å². The predicted molar refractivity (Wildman–Crippen MR) is 52.9 cm³/mol. The smallest absolute Gasteiger partial charge is 0.267 e. The lowest BCUT2D eigenvalue weighted by atomic mass is 10.6. The van der Waals surface area contributed by atoms with Crippen LogP contribution in [0.5, 0.6) is 0 Å². The molecule has 2 N–H and O–H groups in total. The van der Waals surface area contributed by atoms with Crippen LogP contribution in [0, 0.1) is 0 Å². The van der Waals surface area contributed by atoms with Crippen LogP contribution in [0.1, 0.15) is 0 Å². The number of hydrogen-bond donors (Lipinski definition) is 1. The van der Waals surface area contributed by atoms with E-state index in [9.17, 15) is 18.0 Å². The average molecular weight is 260 g/mol. The molecule has 0 spiro atoms. The van der Waals surface area contributed by atoms with Crippen molar-refractivity contribution in [2.45, 2.75) is 4.34 Å². The molecule has 84 valence electrons. The highest BCUT2D eigenvalue weighted by molar-refractivity contribution is 7.91. The fourth-order valence-electron chi connectivity index (χ4n) is 0.997. The fraction of sp³-hybridized carbons (Fsp3) is 0. The Morgan fingerprint density at radius 3 is 2.19 bits per heavy atom. The fourth-order valence-corrected chi connectivity index (χ4v) is 2.43. The van der Waals surface area contributed by atoms with E-state index in [0.29, 0.717) is 16.2 Å². The summed E-state index contributed by atoms with van der Waals surface area (Å²) in [5, 5.41) is 11.4. The summed E-state index contributed by atoms with van der Waals surface area (Å²) >= 11 is 0.554. The van der Waals surface area contributed by atoms with Gasteiger partial charge >= 0.3 is 0 Å². The molecule has 8 nitrogen and oxygen atoms in total. The number of anilines is 1. The SMILES string of the molecule is NS(=O)(=O)c1nnc(N2C(=O)C=CC2=O)s1. The van der Waals surface area contributed by atoms with Gasteiger partial charge in [0.1, 0.15) is 0 Å². The van der Waals surface area contributed by atoms with Gasteiger partial charge in [0.15, 0.2) is 0 Å². The molecule has 2 rings (SSSR count). The summed E-state index contributed by atoms with van der Waals surface area (Å²) in [5.41, 5.74) is 0. The van der Waals surface area contributed by atoms with E-state index in [1.807, 2.05) is 0 Å². The number of sulfonamides is 1. The van der Waals surface area contributed by atoms with Crippen LogP contribution in [0.2, 0.25) is 0 Å².